The van der Waals surface area contributed by atoms with Crippen LogP contribution in [0.4, 0.5) is 0 Å². The molecule has 3 aliphatic rings. The van der Waals surface area contributed by atoms with E-state index in [1.54, 1.807) is 0 Å². The third-order valence-corrected chi connectivity index (χ3v) is 4.37. The summed E-state index contributed by atoms with van der Waals surface area (Å²) in [4.78, 5) is 11.1. The summed E-state index contributed by atoms with van der Waals surface area (Å²) in [6.07, 6.45) is 3.28. The molecule has 0 radical (unpaired) electrons. The predicted octanol–water partition coefficient (Wildman–Crippen LogP) is 1.07. The minimum Gasteiger partial charge on any atom is -0.458 e. The SMILES string of the molecule is O=C(CCl)OC12CC3CC(O)(CC31)C2. The van der Waals surface area contributed by atoms with Crippen molar-refractivity contribution in [1.82, 2.24) is 0 Å². The zero-order chi connectivity index (χ0) is 9.97. The second-order valence-corrected chi connectivity index (χ2v) is 5.32. The average molecular weight is 217 g/mol. The summed E-state index contributed by atoms with van der Waals surface area (Å²) >= 11 is 5.41. The zero-order valence-corrected chi connectivity index (χ0v) is 8.59. The number of halogens is 1. The number of aliphatic hydroxyl groups is 1. The number of rotatable bonds is 2. The normalized spacial score (nSPS) is 53.0. The van der Waals surface area contributed by atoms with Crippen molar-refractivity contribution in [2.24, 2.45) is 11.8 Å². The molecule has 1 N–H and O–H groups in total. The zero-order valence-electron chi connectivity index (χ0n) is 7.83. The summed E-state index contributed by atoms with van der Waals surface area (Å²) in [5, 5.41) is 10.1. The number of esters is 1. The fourth-order valence-electron chi connectivity index (χ4n) is 3.87. The molecule has 0 aliphatic heterocycles. The van der Waals surface area contributed by atoms with Crippen molar-refractivity contribution in [3.63, 3.8) is 0 Å². The second-order valence-electron chi connectivity index (χ2n) is 5.05. The monoisotopic (exact) mass is 216 g/mol. The molecular weight excluding hydrogens is 204 g/mol. The van der Waals surface area contributed by atoms with Gasteiger partial charge in [0.1, 0.15) is 11.5 Å². The van der Waals surface area contributed by atoms with Crippen molar-refractivity contribution >= 4 is 17.6 Å². The Balaban J connectivity index is 1.79. The van der Waals surface area contributed by atoms with E-state index in [0.717, 1.165) is 19.3 Å². The minimum atomic E-state index is -0.541. The van der Waals surface area contributed by atoms with Crippen LogP contribution in [0.15, 0.2) is 0 Å². The number of hydrogen-bond acceptors (Lipinski definition) is 3. The van der Waals surface area contributed by atoms with Crippen LogP contribution in [0, 0.1) is 11.8 Å². The Bertz CT molecular complexity index is 306. The third kappa shape index (κ3) is 0.947. The van der Waals surface area contributed by atoms with Gasteiger partial charge in [0, 0.05) is 12.3 Å². The molecule has 78 valence electrons. The molecule has 0 aromatic heterocycles. The lowest BCUT2D eigenvalue weighted by atomic mass is 9.59. The average Bonchev–Trinajstić information content (AvgIpc) is 2.50. The van der Waals surface area contributed by atoms with Gasteiger partial charge in [-0.15, -0.1) is 11.6 Å². The highest BCUT2D eigenvalue weighted by atomic mass is 35.5. The van der Waals surface area contributed by atoms with Crippen molar-refractivity contribution in [3.8, 4) is 0 Å². The van der Waals surface area contributed by atoms with E-state index in [9.17, 15) is 9.90 Å². The molecule has 0 aromatic carbocycles. The fraction of sp³-hybridized carbons (Fsp3) is 0.900. The van der Waals surface area contributed by atoms with Gasteiger partial charge in [0.2, 0.25) is 0 Å². The van der Waals surface area contributed by atoms with Gasteiger partial charge in [-0.1, -0.05) is 0 Å². The van der Waals surface area contributed by atoms with Crippen LogP contribution in [0.5, 0.6) is 0 Å². The predicted molar refractivity (Wildman–Crippen MR) is 49.9 cm³/mol. The Morgan fingerprint density at radius 2 is 2.29 bits per heavy atom. The van der Waals surface area contributed by atoms with E-state index < -0.39 is 5.60 Å². The summed E-state index contributed by atoms with van der Waals surface area (Å²) in [5.74, 6) is 0.551. The number of carbonyl (C=O) groups is 1. The van der Waals surface area contributed by atoms with Gasteiger partial charge < -0.3 is 9.84 Å². The first-order chi connectivity index (χ1) is 6.57. The first-order valence-electron chi connectivity index (χ1n) is 5.07. The van der Waals surface area contributed by atoms with Gasteiger partial charge in [-0.05, 0) is 25.2 Å². The lowest BCUT2D eigenvalue weighted by Crippen LogP contribution is -2.57. The van der Waals surface area contributed by atoms with Crippen molar-refractivity contribution < 1.29 is 14.6 Å². The van der Waals surface area contributed by atoms with Gasteiger partial charge in [0.25, 0.3) is 0 Å². The highest BCUT2D eigenvalue weighted by Crippen LogP contribution is 2.68. The molecule has 0 spiro atoms. The summed E-state index contributed by atoms with van der Waals surface area (Å²) in [7, 11) is 0. The van der Waals surface area contributed by atoms with Gasteiger partial charge in [-0.3, -0.25) is 4.79 Å². The standard InChI is InChI=1S/C10H13ClO3/c11-4-8(12)14-10-2-6-1-9(13,5-10)3-7(6)10/h6-7,13H,1-5H2. The van der Waals surface area contributed by atoms with E-state index >= 15 is 0 Å². The Kier molecular flexibility index (Phi) is 1.57. The maximum Gasteiger partial charge on any atom is 0.321 e. The van der Waals surface area contributed by atoms with Gasteiger partial charge in [-0.2, -0.15) is 0 Å². The summed E-state index contributed by atoms with van der Waals surface area (Å²) in [6, 6.07) is 0. The van der Waals surface area contributed by atoms with Crippen molar-refractivity contribution in [1.29, 1.82) is 0 Å². The largest absolute Gasteiger partial charge is 0.458 e. The van der Waals surface area contributed by atoms with Crippen LogP contribution < -0.4 is 0 Å². The van der Waals surface area contributed by atoms with Crippen LogP contribution >= 0.6 is 11.6 Å². The van der Waals surface area contributed by atoms with Gasteiger partial charge >= 0.3 is 5.97 Å². The van der Waals surface area contributed by atoms with Gasteiger partial charge in [-0.25, -0.2) is 0 Å². The summed E-state index contributed by atoms with van der Waals surface area (Å²) < 4.78 is 5.38. The second kappa shape index (κ2) is 2.45. The van der Waals surface area contributed by atoms with Crippen molar-refractivity contribution in [2.45, 2.75) is 36.9 Å². The van der Waals surface area contributed by atoms with E-state index in [4.69, 9.17) is 16.3 Å². The van der Waals surface area contributed by atoms with Crippen molar-refractivity contribution in [3.05, 3.63) is 0 Å². The van der Waals surface area contributed by atoms with Crippen LogP contribution in [0.3, 0.4) is 0 Å². The molecule has 3 rings (SSSR count). The number of alkyl halides is 1. The van der Waals surface area contributed by atoms with Crippen LogP contribution in [0.25, 0.3) is 0 Å². The van der Waals surface area contributed by atoms with Crippen LogP contribution in [0.1, 0.15) is 25.7 Å². The topological polar surface area (TPSA) is 46.5 Å². The first kappa shape index (κ1) is 8.98. The Morgan fingerprint density at radius 1 is 1.50 bits per heavy atom. The van der Waals surface area contributed by atoms with Crippen LogP contribution in [-0.2, 0) is 9.53 Å². The molecule has 3 fully saturated rings. The molecule has 4 unspecified atom stereocenters. The van der Waals surface area contributed by atoms with Crippen LogP contribution in [0.2, 0.25) is 0 Å². The van der Waals surface area contributed by atoms with E-state index in [2.05, 4.69) is 0 Å². The van der Waals surface area contributed by atoms with Crippen molar-refractivity contribution in [2.75, 3.05) is 5.88 Å². The Labute approximate surface area is 87.4 Å². The van der Waals surface area contributed by atoms with Gasteiger partial charge in [0.15, 0.2) is 0 Å². The molecule has 4 atom stereocenters. The maximum atomic E-state index is 11.1. The lowest BCUT2D eigenvalue weighted by molar-refractivity contribution is -0.199. The molecule has 3 saturated carbocycles. The van der Waals surface area contributed by atoms with Crippen LogP contribution in [-0.4, -0.2) is 28.2 Å². The molecular formula is C10H13ClO3. The molecule has 0 aromatic rings. The molecule has 2 bridgehead atoms. The molecule has 3 aliphatic carbocycles. The Hall–Kier alpha value is -0.280. The third-order valence-electron chi connectivity index (χ3n) is 4.15. The van der Waals surface area contributed by atoms with E-state index in [0.29, 0.717) is 18.3 Å². The lowest BCUT2D eigenvalue weighted by Gasteiger charge is -2.52. The quantitative estimate of drug-likeness (QED) is 0.555. The number of fused-ring (bicyclic) bond motifs is 1. The number of ether oxygens (including phenoxy) is 1. The van der Waals surface area contributed by atoms with E-state index in [1.807, 2.05) is 0 Å². The van der Waals surface area contributed by atoms with E-state index in [-0.39, 0.29) is 17.5 Å². The van der Waals surface area contributed by atoms with Gasteiger partial charge in [0.05, 0.1) is 5.60 Å². The fourth-order valence-corrected chi connectivity index (χ4v) is 3.92. The summed E-state index contributed by atoms with van der Waals surface area (Å²) in [6.45, 7) is 0. The molecule has 0 saturated heterocycles. The Morgan fingerprint density at radius 3 is 2.79 bits per heavy atom. The molecule has 4 heteroatoms. The summed E-state index contributed by atoms with van der Waals surface area (Å²) in [5.41, 5.74) is -0.885. The smallest absolute Gasteiger partial charge is 0.321 e. The van der Waals surface area contributed by atoms with E-state index in [1.165, 1.54) is 0 Å². The number of carbonyl (C=O) groups excluding carboxylic acids is 1. The molecule has 0 amide bonds. The first-order valence-corrected chi connectivity index (χ1v) is 5.61. The maximum absolute atomic E-state index is 11.1. The molecule has 14 heavy (non-hydrogen) atoms. The molecule has 3 nitrogen and oxygen atoms in total. The number of hydrogen-bond donors (Lipinski definition) is 1. The highest BCUT2D eigenvalue weighted by molar-refractivity contribution is 6.26. The highest BCUT2D eigenvalue weighted by Gasteiger charge is 2.72. The molecule has 0 heterocycles. The minimum absolute atomic E-state index is 0.0857.